The Morgan fingerprint density at radius 3 is 2.13 bits per heavy atom. The SMILES string of the molecule is CN(Cc1cc(NC(=O)C(CCCNC(N)=O)NC(=O)CNC(=O)OC(C)(C)C)ccc1COC(=O)Oc1ccc([N+](=O)[O-])cc1)C(=O)OCC1c2ccccc2-c2ccccc21. The number of anilines is 1. The largest absolute Gasteiger partial charge is 0.514 e. The van der Waals surface area contributed by atoms with E-state index in [9.17, 15) is 38.9 Å². The molecule has 1 aliphatic carbocycles. The number of urea groups is 1. The van der Waals surface area contributed by atoms with Crippen molar-refractivity contribution in [3.05, 3.63) is 123 Å². The lowest BCUT2D eigenvalue weighted by atomic mass is 9.98. The molecule has 0 spiro atoms. The van der Waals surface area contributed by atoms with Crippen LogP contribution in [0.3, 0.4) is 0 Å². The van der Waals surface area contributed by atoms with Gasteiger partial charge in [-0.25, -0.2) is 19.2 Å². The molecule has 0 saturated heterocycles. The minimum atomic E-state index is -1.14. The van der Waals surface area contributed by atoms with Crippen molar-refractivity contribution in [2.45, 2.75) is 64.3 Å². The van der Waals surface area contributed by atoms with E-state index in [0.29, 0.717) is 11.1 Å². The molecular formula is C44H49N7O12. The molecule has 0 heterocycles. The predicted molar refractivity (Wildman–Crippen MR) is 229 cm³/mol. The number of fused-ring (bicyclic) bond motifs is 3. The molecule has 1 aliphatic rings. The van der Waals surface area contributed by atoms with Crippen molar-refractivity contribution >= 4 is 47.6 Å². The Hall–Kier alpha value is -7.70. The summed E-state index contributed by atoms with van der Waals surface area (Å²) >= 11 is 0. The van der Waals surface area contributed by atoms with Gasteiger partial charge in [-0.2, -0.15) is 0 Å². The maximum Gasteiger partial charge on any atom is 0.514 e. The van der Waals surface area contributed by atoms with Crippen LogP contribution in [0.15, 0.2) is 91.0 Å². The van der Waals surface area contributed by atoms with E-state index in [1.807, 2.05) is 48.5 Å². The summed E-state index contributed by atoms with van der Waals surface area (Å²) in [7, 11) is 1.52. The van der Waals surface area contributed by atoms with Crippen LogP contribution in [-0.4, -0.2) is 84.4 Å². The summed E-state index contributed by atoms with van der Waals surface area (Å²) in [4.78, 5) is 87.9. The maximum absolute atomic E-state index is 13.7. The van der Waals surface area contributed by atoms with Crippen molar-refractivity contribution in [1.82, 2.24) is 20.9 Å². The molecular weight excluding hydrogens is 819 g/mol. The van der Waals surface area contributed by atoms with Gasteiger partial charge in [0.05, 0.1) is 4.92 Å². The van der Waals surface area contributed by atoms with Crippen molar-refractivity contribution < 1.29 is 52.6 Å². The second kappa shape index (κ2) is 21.2. The molecule has 4 aromatic rings. The number of non-ortho nitro benzene ring substituents is 1. The summed E-state index contributed by atoms with van der Waals surface area (Å²) in [6, 6.07) is 23.4. The van der Waals surface area contributed by atoms with Gasteiger partial charge >= 0.3 is 24.4 Å². The smallest absolute Gasteiger partial charge is 0.448 e. The maximum atomic E-state index is 13.7. The van der Waals surface area contributed by atoms with Crippen LogP contribution in [0, 0.1) is 10.1 Å². The lowest BCUT2D eigenvalue weighted by Crippen LogP contribution is -2.48. The van der Waals surface area contributed by atoms with E-state index < -0.39 is 59.3 Å². The Bertz CT molecular complexity index is 2290. The highest BCUT2D eigenvalue weighted by atomic mass is 16.7. The monoisotopic (exact) mass is 867 g/mol. The van der Waals surface area contributed by atoms with Crippen LogP contribution in [0.5, 0.6) is 5.75 Å². The fraction of sp³-hybridized carbons (Fsp3) is 0.318. The number of primary amides is 1. The molecule has 1 unspecified atom stereocenters. The number of nitro benzene ring substituents is 1. The molecule has 1 atom stereocenters. The summed E-state index contributed by atoms with van der Waals surface area (Å²) in [6.07, 6.45) is -2.29. The molecule has 6 amide bonds. The highest BCUT2D eigenvalue weighted by molar-refractivity contribution is 5.97. The summed E-state index contributed by atoms with van der Waals surface area (Å²) in [6.45, 7) is 4.25. The number of alkyl carbamates (subject to hydrolysis) is 1. The highest BCUT2D eigenvalue weighted by Crippen LogP contribution is 2.44. The number of nitrogens with zero attached hydrogens (tertiary/aromatic N) is 2. The zero-order valence-corrected chi connectivity index (χ0v) is 35.1. The fourth-order valence-corrected chi connectivity index (χ4v) is 6.64. The quantitative estimate of drug-likeness (QED) is 0.0202. The number of carbonyl (C=O) groups excluding carboxylic acids is 6. The summed E-state index contributed by atoms with van der Waals surface area (Å²) < 4.78 is 21.6. The Labute approximate surface area is 362 Å². The lowest BCUT2D eigenvalue weighted by molar-refractivity contribution is -0.384. The third-order valence-corrected chi connectivity index (χ3v) is 9.54. The van der Waals surface area contributed by atoms with Gasteiger partial charge in [0.1, 0.15) is 37.2 Å². The molecule has 0 fully saturated rings. The molecule has 5 rings (SSSR count). The average molecular weight is 868 g/mol. The predicted octanol–water partition coefficient (Wildman–Crippen LogP) is 6.09. The first-order valence-electron chi connectivity index (χ1n) is 19.8. The first-order valence-corrected chi connectivity index (χ1v) is 19.8. The number of benzene rings is 4. The Balaban J connectivity index is 1.31. The van der Waals surface area contributed by atoms with Crippen molar-refractivity contribution in [2.24, 2.45) is 5.73 Å². The van der Waals surface area contributed by atoms with Crippen LogP contribution >= 0.6 is 0 Å². The molecule has 19 heteroatoms. The van der Waals surface area contributed by atoms with Crippen LogP contribution in [0.2, 0.25) is 0 Å². The normalized spacial score (nSPS) is 12.1. The standard InChI is InChI=1S/C44H49N7O12/c1-44(2,3)63-41(55)47-23-38(52)49-37(14-9-21-46-40(45)54)39(53)48-29-16-15-27(25-61-43(57)62-31-19-17-30(18-20-31)51(58)59)28(22-29)24-50(4)42(56)60-26-36-34-12-7-5-10-32(34)33-11-6-8-13-35(33)36/h5-8,10-13,15-20,22,36-37H,9,14,21,23-26H2,1-4H3,(H,47,55)(H,48,53)(H,49,52)(H3,45,46,54). The van der Waals surface area contributed by atoms with Gasteiger partial charge in [0.15, 0.2) is 0 Å². The van der Waals surface area contributed by atoms with Crippen molar-refractivity contribution in [1.29, 1.82) is 0 Å². The Morgan fingerprint density at radius 2 is 1.51 bits per heavy atom. The highest BCUT2D eigenvalue weighted by Gasteiger charge is 2.30. The summed E-state index contributed by atoms with van der Waals surface area (Å²) in [5.74, 6) is -1.52. The van der Waals surface area contributed by atoms with Crippen LogP contribution in [0.1, 0.15) is 61.8 Å². The van der Waals surface area contributed by atoms with Gasteiger partial charge in [0.25, 0.3) is 5.69 Å². The molecule has 19 nitrogen and oxygen atoms in total. The number of hydrogen-bond donors (Lipinski definition) is 5. The molecule has 332 valence electrons. The van der Waals surface area contributed by atoms with E-state index in [-0.39, 0.29) is 62.2 Å². The van der Waals surface area contributed by atoms with Gasteiger partial charge < -0.3 is 50.8 Å². The third-order valence-electron chi connectivity index (χ3n) is 9.54. The Kier molecular flexibility index (Phi) is 15.6. The average Bonchev–Trinajstić information content (AvgIpc) is 3.55. The van der Waals surface area contributed by atoms with E-state index in [4.69, 9.17) is 24.7 Å². The number of rotatable bonds is 17. The molecule has 0 aromatic heterocycles. The summed E-state index contributed by atoms with van der Waals surface area (Å²) in [5, 5.41) is 21.1. The first kappa shape index (κ1) is 46.4. The number of carbonyl (C=O) groups is 6. The van der Waals surface area contributed by atoms with Gasteiger partial charge in [-0.05, 0) is 91.3 Å². The van der Waals surface area contributed by atoms with Crippen molar-refractivity contribution in [3.8, 4) is 16.9 Å². The number of nitro groups is 1. The zero-order chi connectivity index (χ0) is 45.7. The minimum absolute atomic E-state index is 0.00606. The minimum Gasteiger partial charge on any atom is -0.448 e. The van der Waals surface area contributed by atoms with Crippen LogP contribution < -0.4 is 31.7 Å². The van der Waals surface area contributed by atoms with E-state index >= 15 is 0 Å². The number of ether oxygens (including phenoxy) is 4. The van der Waals surface area contributed by atoms with E-state index in [2.05, 4.69) is 21.3 Å². The fourth-order valence-electron chi connectivity index (χ4n) is 6.64. The molecule has 4 aromatic carbocycles. The van der Waals surface area contributed by atoms with Gasteiger partial charge in [-0.15, -0.1) is 0 Å². The first-order chi connectivity index (χ1) is 30.0. The third kappa shape index (κ3) is 13.7. The molecule has 0 saturated carbocycles. The van der Waals surface area contributed by atoms with E-state index in [1.165, 1.54) is 42.3 Å². The molecule has 0 bridgehead atoms. The topological polar surface area (TPSA) is 260 Å². The van der Waals surface area contributed by atoms with E-state index in [1.54, 1.807) is 32.9 Å². The van der Waals surface area contributed by atoms with Crippen LogP contribution in [0.25, 0.3) is 11.1 Å². The van der Waals surface area contributed by atoms with Gasteiger partial charge in [0, 0.05) is 43.9 Å². The molecule has 63 heavy (non-hydrogen) atoms. The van der Waals surface area contributed by atoms with Crippen molar-refractivity contribution in [2.75, 3.05) is 32.1 Å². The number of hydrogen-bond acceptors (Lipinski definition) is 12. The lowest BCUT2D eigenvalue weighted by Gasteiger charge is -2.22. The number of nitrogens with two attached hydrogens (primary N) is 1. The molecule has 6 N–H and O–H groups in total. The van der Waals surface area contributed by atoms with E-state index in [0.717, 1.165) is 22.3 Å². The summed E-state index contributed by atoms with van der Waals surface area (Å²) in [5.41, 5.74) is 9.48. The second-order valence-corrected chi connectivity index (χ2v) is 15.4. The van der Waals surface area contributed by atoms with Gasteiger partial charge in [0.2, 0.25) is 11.8 Å². The molecule has 0 aliphatic heterocycles. The second-order valence-electron chi connectivity index (χ2n) is 15.4. The Morgan fingerprint density at radius 1 is 0.857 bits per heavy atom. The van der Waals surface area contributed by atoms with Gasteiger partial charge in [-0.1, -0.05) is 54.6 Å². The zero-order valence-electron chi connectivity index (χ0n) is 35.1. The van der Waals surface area contributed by atoms with Crippen molar-refractivity contribution in [3.63, 3.8) is 0 Å². The van der Waals surface area contributed by atoms with Gasteiger partial charge in [-0.3, -0.25) is 19.7 Å². The number of nitrogens with one attached hydrogen (secondary N) is 4. The molecule has 0 radical (unpaired) electrons. The van der Waals surface area contributed by atoms with Crippen LogP contribution in [0.4, 0.5) is 30.6 Å². The number of amides is 6. The van der Waals surface area contributed by atoms with Crippen LogP contribution in [-0.2, 0) is 37.0 Å².